The molecule has 1 aliphatic rings. The minimum atomic E-state index is -0.157. The van der Waals surface area contributed by atoms with Crippen LogP contribution in [-0.4, -0.2) is 34.2 Å². The monoisotopic (exact) mass is 219 g/mol. The lowest BCUT2D eigenvalue weighted by Crippen LogP contribution is -2.38. The van der Waals surface area contributed by atoms with Gasteiger partial charge >= 0.3 is 0 Å². The summed E-state index contributed by atoms with van der Waals surface area (Å²) in [5.74, 6) is 0.916. The second kappa shape index (κ2) is 5.29. The first-order valence-corrected chi connectivity index (χ1v) is 5.46. The van der Waals surface area contributed by atoms with E-state index in [1.807, 2.05) is 0 Å². The number of hydrogen-bond donors (Lipinski definition) is 0. The molecule has 0 radical (unpaired) electrons. The Bertz CT molecular complexity index is 226. The van der Waals surface area contributed by atoms with E-state index in [9.17, 15) is 9.59 Å². The molecule has 0 aliphatic carbocycles. The van der Waals surface area contributed by atoms with Crippen LogP contribution in [0.4, 0.5) is 4.79 Å². The summed E-state index contributed by atoms with van der Waals surface area (Å²) in [6, 6.07) is 0. The first-order chi connectivity index (χ1) is 6.25. The van der Waals surface area contributed by atoms with Crippen LogP contribution in [0.5, 0.6) is 0 Å². The van der Waals surface area contributed by atoms with E-state index in [1.165, 1.54) is 16.7 Å². The number of hydrogen-bond acceptors (Lipinski definition) is 3. The molecule has 1 rings (SSSR count). The lowest BCUT2D eigenvalue weighted by atomic mass is 10.4. The Morgan fingerprint density at radius 2 is 2.23 bits per heavy atom. The van der Waals surface area contributed by atoms with E-state index in [1.54, 1.807) is 12.2 Å². The van der Waals surface area contributed by atoms with Crippen molar-refractivity contribution in [2.24, 2.45) is 0 Å². The fraction of sp³-hybridized carbons (Fsp3) is 0.500. The van der Waals surface area contributed by atoms with Crippen molar-refractivity contribution in [3.63, 3.8) is 0 Å². The summed E-state index contributed by atoms with van der Waals surface area (Å²) in [6.07, 6.45) is 3.90. The van der Waals surface area contributed by atoms with Crippen LogP contribution in [0.2, 0.25) is 0 Å². The van der Waals surface area contributed by atoms with Crippen molar-refractivity contribution >= 4 is 34.5 Å². The maximum atomic E-state index is 11.2. The van der Waals surface area contributed by atoms with E-state index in [0.717, 1.165) is 0 Å². The zero-order valence-electron chi connectivity index (χ0n) is 7.03. The van der Waals surface area contributed by atoms with Gasteiger partial charge in [-0.1, -0.05) is 23.9 Å². The molecule has 0 aromatic carbocycles. The van der Waals surface area contributed by atoms with Gasteiger partial charge in [-0.2, -0.15) is 0 Å². The Labute approximate surface area is 86.1 Å². The van der Waals surface area contributed by atoms with Gasteiger partial charge in [-0.25, -0.2) is 0 Å². The number of amides is 2. The van der Waals surface area contributed by atoms with Gasteiger partial charge in [0.1, 0.15) is 0 Å². The van der Waals surface area contributed by atoms with Crippen LogP contribution in [0.1, 0.15) is 6.42 Å². The van der Waals surface area contributed by atoms with Crippen LogP contribution in [0.25, 0.3) is 0 Å². The van der Waals surface area contributed by atoms with Crippen molar-refractivity contribution in [1.82, 2.24) is 4.90 Å². The number of allylic oxidation sites excluding steroid dienone is 1. The molecule has 0 unspecified atom stereocenters. The molecule has 0 atom stereocenters. The maximum absolute atomic E-state index is 11.2. The highest BCUT2D eigenvalue weighted by Gasteiger charge is 2.25. The van der Waals surface area contributed by atoms with E-state index >= 15 is 0 Å². The first kappa shape index (κ1) is 10.6. The van der Waals surface area contributed by atoms with Crippen LogP contribution in [0.3, 0.4) is 0 Å². The second-order valence-electron chi connectivity index (χ2n) is 2.49. The number of alkyl halides is 1. The molecule has 0 aromatic rings. The number of carbonyl (C=O) groups is 2. The largest absolute Gasteiger partial charge is 0.288 e. The number of rotatable bonds is 3. The van der Waals surface area contributed by atoms with Gasteiger partial charge in [0.05, 0.1) is 0 Å². The molecule has 0 aromatic heterocycles. The van der Waals surface area contributed by atoms with Crippen molar-refractivity contribution < 1.29 is 9.59 Å². The molecule has 72 valence electrons. The van der Waals surface area contributed by atoms with Gasteiger partial charge in [-0.15, -0.1) is 11.6 Å². The first-order valence-electron chi connectivity index (χ1n) is 3.94. The van der Waals surface area contributed by atoms with Gasteiger partial charge in [0.25, 0.3) is 5.24 Å². The van der Waals surface area contributed by atoms with E-state index in [2.05, 4.69) is 0 Å². The predicted octanol–water partition coefficient (Wildman–Crippen LogP) is 1.87. The normalized spacial score (nSPS) is 18.7. The maximum Gasteiger partial charge on any atom is 0.288 e. The van der Waals surface area contributed by atoms with Gasteiger partial charge in [0, 0.05) is 24.6 Å². The molecule has 13 heavy (non-hydrogen) atoms. The van der Waals surface area contributed by atoms with E-state index < -0.39 is 0 Å². The van der Waals surface area contributed by atoms with Gasteiger partial charge in [0.2, 0.25) is 5.91 Å². The van der Waals surface area contributed by atoms with Gasteiger partial charge in [-0.3, -0.25) is 14.5 Å². The number of carbonyl (C=O) groups excluding carboxylic acids is 2. The number of thioether (sulfide) groups is 1. The van der Waals surface area contributed by atoms with Gasteiger partial charge in [-0.05, 0) is 0 Å². The van der Waals surface area contributed by atoms with Crippen molar-refractivity contribution in [2.45, 2.75) is 6.42 Å². The summed E-state index contributed by atoms with van der Waals surface area (Å²) >= 11 is 6.60. The molecule has 5 heteroatoms. The standard InChI is InChI=1S/C8H10ClNO2S/c9-4-1-2-5-10-7(11)3-6-13-8(10)12/h1-2H,3-6H2/b2-1+. The summed E-state index contributed by atoms with van der Waals surface area (Å²) in [6.45, 7) is 0.345. The molecular formula is C8H10ClNO2S. The Morgan fingerprint density at radius 1 is 1.46 bits per heavy atom. The minimum absolute atomic E-state index is 0.0945. The average Bonchev–Trinajstić information content (AvgIpc) is 2.10. The number of halogens is 1. The molecule has 1 saturated heterocycles. The summed E-state index contributed by atoms with van der Waals surface area (Å²) in [5.41, 5.74) is 0. The molecule has 0 spiro atoms. The summed E-state index contributed by atoms with van der Waals surface area (Å²) in [4.78, 5) is 23.7. The highest BCUT2D eigenvalue weighted by atomic mass is 35.5. The summed E-state index contributed by atoms with van der Waals surface area (Å²) in [7, 11) is 0. The van der Waals surface area contributed by atoms with E-state index in [0.29, 0.717) is 24.6 Å². The van der Waals surface area contributed by atoms with Crippen LogP contribution in [-0.2, 0) is 4.79 Å². The highest BCUT2D eigenvalue weighted by molar-refractivity contribution is 8.13. The zero-order valence-corrected chi connectivity index (χ0v) is 8.61. The van der Waals surface area contributed by atoms with Gasteiger partial charge < -0.3 is 0 Å². The fourth-order valence-corrected chi connectivity index (χ4v) is 1.87. The van der Waals surface area contributed by atoms with E-state index in [4.69, 9.17) is 11.6 Å². The zero-order chi connectivity index (χ0) is 9.68. The van der Waals surface area contributed by atoms with Crippen molar-refractivity contribution in [1.29, 1.82) is 0 Å². The Hall–Kier alpha value is -0.480. The molecule has 1 heterocycles. The molecule has 1 fully saturated rings. The second-order valence-corrected chi connectivity index (χ2v) is 3.85. The van der Waals surface area contributed by atoms with Crippen molar-refractivity contribution in [2.75, 3.05) is 18.2 Å². The van der Waals surface area contributed by atoms with Crippen LogP contribution >= 0.6 is 23.4 Å². The Morgan fingerprint density at radius 3 is 2.85 bits per heavy atom. The van der Waals surface area contributed by atoms with E-state index in [-0.39, 0.29) is 11.1 Å². The summed E-state index contributed by atoms with van der Waals surface area (Å²) < 4.78 is 0. The molecule has 3 nitrogen and oxygen atoms in total. The molecule has 0 bridgehead atoms. The van der Waals surface area contributed by atoms with Crippen LogP contribution in [0, 0.1) is 0 Å². The predicted molar refractivity (Wildman–Crippen MR) is 54.0 cm³/mol. The van der Waals surface area contributed by atoms with Crippen LogP contribution < -0.4 is 0 Å². The number of nitrogens with zero attached hydrogens (tertiary/aromatic N) is 1. The average molecular weight is 220 g/mol. The fourth-order valence-electron chi connectivity index (χ4n) is 0.960. The highest BCUT2D eigenvalue weighted by Crippen LogP contribution is 2.17. The Kier molecular flexibility index (Phi) is 4.32. The lowest BCUT2D eigenvalue weighted by molar-refractivity contribution is -0.127. The quantitative estimate of drug-likeness (QED) is 0.537. The van der Waals surface area contributed by atoms with Gasteiger partial charge in [0.15, 0.2) is 0 Å². The molecular weight excluding hydrogens is 210 g/mol. The topological polar surface area (TPSA) is 37.4 Å². The Balaban J connectivity index is 2.49. The van der Waals surface area contributed by atoms with Crippen molar-refractivity contribution in [3.05, 3.63) is 12.2 Å². The van der Waals surface area contributed by atoms with Crippen LogP contribution in [0.15, 0.2) is 12.2 Å². The third-order valence-electron chi connectivity index (χ3n) is 1.61. The minimum Gasteiger partial charge on any atom is -0.274 e. The van der Waals surface area contributed by atoms with Crippen molar-refractivity contribution in [3.8, 4) is 0 Å². The SMILES string of the molecule is O=C1CCSC(=O)N1C/C=C/CCl. The lowest BCUT2D eigenvalue weighted by Gasteiger charge is -2.22. The number of imide groups is 1. The molecule has 0 N–H and O–H groups in total. The molecule has 1 aliphatic heterocycles. The smallest absolute Gasteiger partial charge is 0.274 e. The molecule has 0 saturated carbocycles. The molecule has 2 amide bonds. The third-order valence-corrected chi connectivity index (χ3v) is 2.66. The summed E-state index contributed by atoms with van der Waals surface area (Å²) in [5, 5.41) is -0.157. The third kappa shape index (κ3) is 3.04.